The minimum absolute atomic E-state index is 0.0300. The Morgan fingerprint density at radius 2 is 2.00 bits per heavy atom. The average molecular weight is 245 g/mol. The molecule has 0 saturated heterocycles. The molecule has 18 heavy (non-hydrogen) atoms. The first-order chi connectivity index (χ1) is 8.59. The molecular weight excluding hydrogens is 238 g/mol. The summed E-state index contributed by atoms with van der Waals surface area (Å²) in [7, 11) is 0. The first-order valence-electron chi connectivity index (χ1n) is 5.08. The van der Waals surface area contributed by atoms with Crippen LogP contribution in [0.25, 0.3) is 16.4 Å². The summed E-state index contributed by atoms with van der Waals surface area (Å²) in [6, 6.07) is 4.94. The number of H-pyrrole nitrogens is 2. The monoisotopic (exact) mass is 245 g/mol. The van der Waals surface area contributed by atoms with Crippen molar-refractivity contribution in [2.24, 2.45) is 0 Å². The molecule has 0 saturated carbocycles. The Balaban J connectivity index is 2.76. The fourth-order valence-corrected chi connectivity index (χ4v) is 2.08. The molecule has 0 aromatic carbocycles. The van der Waals surface area contributed by atoms with Crippen LogP contribution in [-0.4, -0.2) is 25.4 Å². The number of carbonyl (C=O) groups is 1. The number of aromatic nitrogens is 3. The third-order valence-electron chi connectivity index (χ3n) is 2.74. The molecule has 7 nitrogen and oxygen atoms in total. The van der Waals surface area contributed by atoms with Gasteiger partial charge in [-0.1, -0.05) is 6.07 Å². The SMILES string of the molecule is O=C(O)c1c2[nH]c(=O)[nH]c(=O)c2c2ccccn12. The van der Waals surface area contributed by atoms with Gasteiger partial charge < -0.3 is 14.5 Å². The van der Waals surface area contributed by atoms with Gasteiger partial charge in [0.2, 0.25) is 0 Å². The second-order valence-corrected chi connectivity index (χ2v) is 3.77. The predicted molar refractivity (Wildman–Crippen MR) is 63.1 cm³/mol. The van der Waals surface area contributed by atoms with Gasteiger partial charge in [-0.05, 0) is 12.1 Å². The standard InChI is InChI=1S/C11H7N3O4/c15-9-6-5-3-1-2-4-14(5)8(10(16)17)7(6)12-11(18)13-9/h1-4H,(H,16,17)(H2,12,13,15,18). The van der Waals surface area contributed by atoms with E-state index in [1.54, 1.807) is 18.2 Å². The molecule has 0 aliphatic rings. The molecule has 0 aliphatic carbocycles. The maximum absolute atomic E-state index is 11.8. The summed E-state index contributed by atoms with van der Waals surface area (Å²) in [6.45, 7) is 0. The second kappa shape index (κ2) is 3.33. The van der Waals surface area contributed by atoms with E-state index in [1.807, 2.05) is 0 Å². The lowest BCUT2D eigenvalue weighted by Crippen LogP contribution is -2.21. The summed E-state index contributed by atoms with van der Waals surface area (Å²) in [5.41, 5.74) is -1.01. The molecule has 3 N–H and O–H groups in total. The number of rotatable bonds is 1. The van der Waals surface area contributed by atoms with Crippen molar-refractivity contribution in [2.45, 2.75) is 0 Å². The van der Waals surface area contributed by atoms with Crippen LogP contribution in [-0.2, 0) is 0 Å². The number of aromatic amines is 2. The fraction of sp³-hybridized carbons (Fsp3) is 0. The van der Waals surface area contributed by atoms with Gasteiger partial charge in [0.05, 0.1) is 16.4 Å². The average Bonchev–Trinajstić information content (AvgIpc) is 2.62. The highest BCUT2D eigenvalue weighted by molar-refractivity contribution is 6.07. The van der Waals surface area contributed by atoms with Gasteiger partial charge in [-0.25, -0.2) is 9.59 Å². The van der Waals surface area contributed by atoms with Crippen molar-refractivity contribution in [2.75, 3.05) is 0 Å². The zero-order valence-corrected chi connectivity index (χ0v) is 8.93. The van der Waals surface area contributed by atoms with Crippen molar-refractivity contribution in [1.29, 1.82) is 0 Å². The van der Waals surface area contributed by atoms with E-state index in [-0.39, 0.29) is 16.6 Å². The summed E-state index contributed by atoms with van der Waals surface area (Å²) in [6.07, 6.45) is 1.52. The van der Waals surface area contributed by atoms with Crippen LogP contribution in [0.15, 0.2) is 34.0 Å². The van der Waals surface area contributed by atoms with E-state index in [1.165, 1.54) is 10.6 Å². The van der Waals surface area contributed by atoms with E-state index >= 15 is 0 Å². The molecule has 0 bridgehead atoms. The lowest BCUT2D eigenvalue weighted by atomic mass is 10.3. The molecule has 3 rings (SSSR count). The van der Waals surface area contributed by atoms with Crippen molar-refractivity contribution < 1.29 is 9.90 Å². The molecule has 3 aromatic rings. The highest BCUT2D eigenvalue weighted by Crippen LogP contribution is 2.21. The smallest absolute Gasteiger partial charge is 0.355 e. The van der Waals surface area contributed by atoms with E-state index in [0.717, 1.165) is 0 Å². The van der Waals surface area contributed by atoms with Gasteiger partial charge in [0.25, 0.3) is 5.56 Å². The van der Waals surface area contributed by atoms with Crippen LogP contribution >= 0.6 is 0 Å². The molecule has 0 aliphatic heterocycles. The Kier molecular flexibility index (Phi) is 1.91. The zero-order valence-electron chi connectivity index (χ0n) is 8.93. The van der Waals surface area contributed by atoms with Crippen LogP contribution in [0, 0.1) is 0 Å². The number of nitrogens with zero attached hydrogens (tertiary/aromatic N) is 1. The molecule has 0 atom stereocenters. The summed E-state index contributed by atoms with van der Waals surface area (Å²) in [4.78, 5) is 38.7. The third kappa shape index (κ3) is 1.21. The normalized spacial score (nSPS) is 11.1. The first kappa shape index (κ1) is 10.3. The highest BCUT2D eigenvalue weighted by atomic mass is 16.4. The molecule has 0 amide bonds. The number of carboxylic acids is 1. The van der Waals surface area contributed by atoms with Gasteiger partial charge >= 0.3 is 11.7 Å². The van der Waals surface area contributed by atoms with E-state index in [2.05, 4.69) is 9.97 Å². The second-order valence-electron chi connectivity index (χ2n) is 3.77. The number of hydrogen-bond donors (Lipinski definition) is 3. The van der Waals surface area contributed by atoms with Gasteiger partial charge in [0, 0.05) is 6.20 Å². The van der Waals surface area contributed by atoms with Crippen molar-refractivity contribution in [3.63, 3.8) is 0 Å². The molecule has 3 heterocycles. The van der Waals surface area contributed by atoms with E-state index < -0.39 is 17.2 Å². The summed E-state index contributed by atoms with van der Waals surface area (Å²) in [5.74, 6) is -1.22. The van der Waals surface area contributed by atoms with Crippen molar-refractivity contribution in [1.82, 2.24) is 14.4 Å². The predicted octanol–water partition coefficient (Wildman–Crippen LogP) is 0.167. The maximum Gasteiger partial charge on any atom is 0.355 e. The lowest BCUT2D eigenvalue weighted by molar-refractivity contribution is 0.0691. The largest absolute Gasteiger partial charge is 0.476 e. The molecular formula is C11H7N3O4. The minimum atomic E-state index is -1.22. The van der Waals surface area contributed by atoms with Crippen molar-refractivity contribution >= 4 is 22.4 Å². The number of nitrogens with one attached hydrogen (secondary N) is 2. The quantitative estimate of drug-likeness (QED) is 0.567. The third-order valence-corrected chi connectivity index (χ3v) is 2.74. The summed E-state index contributed by atoms with van der Waals surface area (Å²) < 4.78 is 1.36. The van der Waals surface area contributed by atoms with Gasteiger partial charge in [-0.3, -0.25) is 9.78 Å². The lowest BCUT2D eigenvalue weighted by Gasteiger charge is -1.96. The topological polar surface area (TPSA) is 107 Å². The maximum atomic E-state index is 11.8. The van der Waals surface area contributed by atoms with E-state index in [4.69, 9.17) is 0 Å². The molecule has 0 spiro atoms. The fourth-order valence-electron chi connectivity index (χ4n) is 2.08. The summed E-state index contributed by atoms with van der Waals surface area (Å²) >= 11 is 0. The Labute approximate surface area is 98.3 Å². The molecule has 0 unspecified atom stereocenters. The molecule has 0 radical (unpaired) electrons. The molecule has 90 valence electrons. The van der Waals surface area contributed by atoms with E-state index in [0.29, 0.717) is 5.52 Å². The van der Waals surface area contributed by atoms with Crippen LogP contribution in [0.3, 0.4) is 0 Å². The Bertz CT molecular complexity index is 900. The first-order valence-corrected chi connectivity index (χ1v) is 5.08. The highest BCUT2D eigenvalue weighted by Gasteiger charge is 2.19. The van der Waals surface area contributed by atoms with Crippen LogP contribution in [0.4, 0.5) is 0 Å². The van der Waals surface area contributed by atoms with Crippen molar-refractivity contribution in [3.8, 4) is 0 Å². The van der Waals surface area contributed by atoms with Gasteiger partial charge in [0.1, 0.15) is 0 Å². The number of pyridine rings is 1. The zero-order chi connectivity index (χ0) is 12.9. The Hall–Kier alpha value is -2.83. The minimum Gasteiger partial charge on any atom is -0.476 e. The van der Waals surface area contributed by atoms with E-state index in [9.17, 15) is 19.5 Å². The van der Waals surface area contributed by atoms with Crippen LogP contribution in [0.2, 0.25) is 0 Å². The van der Waals surface area contributed by atoms with Crippen LogP contribution < -0.4 is 11.2 Å². The number of aromatic carboxylic acids is 1. The number of hydrogen-bond acceptors (Lipinski definition) is 3. The molecule has 3 aromatic heterocycles. The van der Waals surface area contributed by atoms with Gasteiger partial charge in [0.15, 0.2) is 5.69 Å². The van der Waals surface area contributed by atoms with Gasteiger partial charge in [-0.15, -0.1) is 0 Å². The van der Waals surface area contributed by atoms with Crippen LogP contribution in [0.1, 0.15) is 10.5 Å². The number of fused-ring (bicyclic) bond motifs is 3. The Morgan fingerprint density at radius 1 is 1.22 bits per heavy atom. The summed E-state index contributed by atoms with van der Waals surface area (Å²) in [5, 5.41) is 9.36. The molecule has 0 fully saturated rings. The Morgan fingerprint density at radius 3 is 2.72 bits per heavy atom. The number of carboxylic acid groups (broad SMARTS) is 1. The van der Waals surface area contributed by atoms with Crippen LogP contribution in [0.5, 0.6) is 0 Å². The molecule has 7 heteroatoms. The van der Waals surface area contributed by atoms with Gasteiger partial charge in [-0.2, -0.15) is 0 Å². The van der Waals surface area contributed by atoms with Crippen molar-refractivity contribution in [3.05, 3.63) is 50.9 Å².